The first-order chi connectivity index (χ1) is 12.6. The van der Waals surface area contributed by atoms with Gasteiger partial charge in [0, 0.05) is 19.2 Å². The second kappa shape index (κ2) is 7.73. The molecule has 0 unspecified atom stereocenters. The Kier molecular flexibility index (Phi) is 5.21. The molecule has 2 heterocycles. The van der Waals surface area contributed by atoms with Crippen molar-refractivity contribution in [1.29, 1.82) is 0 Å². The summed E-state index contributed by atoms with van der Waals surface area (Å²) in [6.45, 7) is 1.95. The maximum absolute atomic E-state index is 12.5. The van der Waals surface area contributed by atoms with Crippen LogP contribution in [0.1, 0.15) is 35.0 Å². The molecule has 0 saturated heterocycles. The summed E-state index contributed by atoms with van der Waals surface area (Å²) in [6, 6.07) is 8.65. The Morgan fingerprint density at radius 1 is 1.31 bits per heavy atom. The highest BCUT2D eigenvalue weighted by molar-refractivity contribution is 5.92. The molecule has 3 aromatic rings. The van der Waals surface area contributed by atoms with Gasteiger partial charge in [-0.3, -0.25) is 4.79 Å². The molecule has 0 bridgehead atoms. The largest absolute Gasteiger partial charge is 0.497 e. The second-order valence-electron chi connectivity index (χ2n) is 5.61. The predicted octanol–water partition coefficient (Wildman–Crippen LogP) is 3.08. The maximum atomic E-state index is 12.5. The number of rotatable bonds is 7. The minimum atomic E-state index is -0.281. The Hall–Kier alpha value is -3.29. The molecule has 1 aromatic carbocycles. The molecule has 8 nitrogen and oxygen atoms in total. The highest BCUT2D eigenvalue weighted by Gasteiger charge is 2.23. The van der Waals surface area contributed by atoms with Gasteiger partial charge in [-0.2, -0.15) is 0 Å². The number of hydrogen-bond donors (Lipinski definition) is 0. The van der Waals surface area contributed by atoms with Gasteiger partial charge in [-0.1, -0.05) is 11.2 Å². The first kappa shape index (κ1) is 17.5. The fourth-order valence-corrected chi connectivity index (χ4v) is 2.30. The highest BCUT2D eigenvalue weighted by Crippen LogP contribution is 2.21. The van der Waals surface area contributed by atoms with Crippen LogP contribution < -0.4 is 9.47 Å². The molecule has 8 heteroatoms. The van der Waals surface area contributed by atoms with Gasteiger partial charge in [0.15, 0.2) is 12.3 Å². The topological polar surface area (TPSA) is 90.8 Å². The van der Waals surface area contributed by atoms with Gasteiger partial charge in [0.05, 0.1) is 13.2 Å². The standard InChI is InChI=1S/C18H19N3O5/c1-12(15-7-8-26-20-15)21(2)18(22)16-10-25-17(19-16)11-24-14-6-4-5-13(9-14)23-3/h4-10,12H,11H2,1-3H3/t12-/m1/s1. The zero-order chi connectivity index (χ0) is 18.5. The molecule has 3 rings (SSSR count). The average Bonchev–Trinajstić information content (AvgIpc) is 3.36. The molecule has 2 aromatic heterocycles. The van der Waals surface area contributed by atoms with Gasteiger partial charge in [0.2, 0.25) is 5.89 Å². The normalized spacial score (nSPS) is 11.8. The quantitative estimate of drug-likeness (QED) is 0.642. The van der Waals surface area contributed by atoms with E-state index in [1.807, 2.05) is 19.1 Å². The summed E-state index contributed by atoms with van der Waals surface area (Å²) in [5.41, 5.74) is 0.859. The van der Waals surface area contributed by atoms with E-state index in [0.29, 0.717) is 23.1 Å². The van der Waals surface area contributed by atoms with Crippen LogP contribution >= 0.6 is 0 Å². The summed E-state index contributed by atoms with van der Waals surface area (Å²) in [5.74, 6) is 1.33. The van der Waals surface area contributed by atoms with Crippen LogP contribution in [0.2, 0.25) is 0 Å². The van der Waals surface area contributed by atoms with Crippen LogP contribution in [0, 0.1) is 0 Å². The summed E-state index contributed by atoms with van der Waals surface area (Å²) < 4.78 is 20.9. The smallest absolute Gasteiger partial charge is 0.276 e. The lowest BCUT2D eigenvalue weighted by molar-refractivity contribution is 0.0731. The van der Waals surface area contributed by atoms with E-state index in [4.69, 9.17) is 18.4 Å². The Bertz CT molecular complexity index is 859. The maximum Gasteiger partial charge on any atom is 0.276 e. The van der Waals surface area contributed by atoms with Gasteiger partial charge < -0.3 is 23.3 Å². The summed E-state index contributed by atoms with van der Waals surface area (Å²) in [7, 11) is 3.25. The fraction of sp³-hybridized carbons (Fsp3) is 0.278. The van der Waals surface area contributed by atoms with Gasteiger partial charge >= 0.3 is 0 Å². The molecule has 1 amide bonds. The van der Waals surface area contributed by atoms with Crippen LogP contribution in [0.4, 0.5) is 0 Å². The Morgan fingerprint density at radius 2 is 2.12 bits per heavy atom. The molecule has 0 aliphatic heterocycles. The monoisotopic (exact) mass is 357 g/mol. The molecule has 0 spiro atoms. The van der Waals surface area contributed by atoms with Crippen molar-refractivity contribution in [3.05, 3.63) is 60.1 Å². The number of oxazole rings is 1. The molecule has 26 heavy (non-hydrogen) atoms. The summed E-state index contributed by atoms with van der Waals surface area (Å²) in [5, 5.41) is 3.85. The molecule has 0 aliphatic rings. The third-order valence-corrected chi connectivity index (χ3v) is 3.96. The van der Waals surface area contributed by atoms with Crippen LogP contribution in [0.15, 0.2) is 51.8 Å². The van der Waals surface area contributed by atoms with Gasteiger partial charge in [0.1, 0.15) is 29.7 Å². The van der Waals surface area contributed by atoms with Crippen LogP contribution in [-0.2, 0) is 6.61 Å². The van der Waals surface area contributed by atoms with E-state index in [2.05, 4.69) is 10.1 Å². The fourth-order valence-electron chi connectivity index (χ4n) is 2.30. The average molecular weight is 357 g/mol. The third-order valence-electron chi connectivity index (χ3n) is 3.96. The number of nitrogens with zero attached hydrogens (tertiary/aromatic N) is 3. The van der Waals surface area contributed by atoms with E-state index in [0.717, 1.165) is 0 Å². The molecule has 0 N–H and O–H groups in total. The number of hydrogen-bond acceptors (Lipinski definition) is 7. The van der Waals surface area contributed by atoms with Crippen molar-refractivity contribution < 1.29 is 23.2 Å². The summed E-state index contributed by atoms with van der Waals surface area (Å²) in [6.07, 6.45) is 2.78. The molecular formula is C18H19N3O5. The predicted molar refractivity (Wildman–Crippen MR) is 90.8 cm³/mol. The van der Waals surface area contributed by atoms with Crippen LogP contribution in [0.25, 0.3) is 0 Å². The lowest BCUT2D eigenvalue weighted by Crippen LogP contribution is -2.30. The number of ether oxygens (including phenoxy) is 2. The minimum Gasteiger partial charge on any atom is -0.497 e. The van der Waals surface area contributed by atoms with E-state index in [-0.39, 0.29) is 24.2 Å². The van der Waals surface area contributed by atoms with Gasteiger partial charge in [0.25, 0.3) is 5.91 Å². The van der Waals surface area contributed by atoms with E-state index in [9.17, 15) is 4.79 Å². The van der Waals surface area contributed by atoms with Crippen molar-refractivity contribution in [3.63, 3.8) is 0 Å². The molecule has 1 atom stereocenters. The SMILES string of the molecule is COc1cccc(OCc2nc(C(=O)N(C)[C@H](C)c3ccon3)co2)c1. The van der Waals surface area contributed by atoms with Gasteiger partial charge in [-0.05, 0) is 19.1 Å². The molecule has 136 valence electrons. The Labute approximate surface area is 150 Å². The molecule has 0 aliphatic carbocycles. The number of amides is 1. The number of carbonyl (C=O) groups excluding carboxylic acids is 1. The van der Waals surface area contributed by atoms with Gasteiger partial charge in [-0.15, -0.1) is 0 Å². The minimum absolute atomic E-state index is 0.100. The molecule has 0 radical (unpaired) electrons. The first-order valence-electron chi connectivity index (χ1n) is 7.97. The number of benzene rings is 1. The molecule has 0 fully saturated rings. The highest BCUT2D eigenvalue weighted by atomic mass is 16.5. The Morgan fingerprint density at radius 3 is 2.85 bits per heavy atom. The van der Waals surface area contributed by atoms with Crippen molar-refractivity contribution >= 4 is 5.91 Å². The Balaban J connectivity index is 1.62. The van der Waals surface area contributed by atoms with E-state index in [1.165, 1.54) is 17.4 Å². The molecular weight excluding hydrogens is 338 g/mol. The third kappa shape index (κ3) is 3.85. The lowest BCUT2D eigenvalue weighted by atomic mass is 10.2. The van der Waals surface area contributed by atoms with E-state index < -0.39 is 0 Å². The van der Waals surface area contributed by atoms with E-state index in [1.54, 1.807) is 32.4 Å². The summed E-state index contributed by atoms with van der Waals surface area (Å²) >= 11 is 0. The van der Waals surface area contributed by atoms with Crippen LogP contribution in [-0.4, -0.2) is 35.1 Å². The van der Waals surface area contributed by atoms with Crippen molar-refractivity contribution in [2.24, 2.45) is 0 Å². The zero-order valence-electron chi connectivity index (χ0n) is 14.7. The van der Waals surface area contributed by atoms with Crippen molar-refractivity contribution in [2.45, 2.75) is 19.6 Å². The number of carbonyl (C=O) groups is 1. The molecule has 0 saturated carbocycles. The van der Waals surface area contributed by atoms with Crippen molar-refractivity contribution in [3.8, 4) is 11.5 Å². The second-order valence-corrected chi connectivity index (χ2v) is 5.61. The zero-order valence-corrected chi connectivity index (χ0v) is 14.7. The summed E-state index contributed by atoms with van der Waals surface area (Å²) in [4.78, 5) is 18.3. The van der Waals surface area contributed by atoms with Crippen molar-refractivity contribution in [2.75, 3.05) is 14.2 Å². The number of aromatic nitrogens is 2. The van der Waals surface area contributed by atoms with Crippen LogP contribution in [0.3, 0.4) is 0 Å². The van der Waals surface area contributed by atoms with Crippen molar-refractivity contribution in [1.82, 2.24) is 15.0 Å². The van der Waals surface area contributed by atoms with Gasteiger partial charge in [-0.25, -0.2) is 4.98 Å². The first-order valence-corrected chi connectivity index (χ1v) is 7.97. The lowest BCUT2D eigenvalue weighted by Gasteiger charge is -2.21. The number of methoxy groups -OCH3 is 1. The van der Waals surface area contributed by atoms with Crippen LogP contribution in [0.5, 0.6) is 11.5 Å². The van der Waals surface area contributed by atoms with E-state index >= 15 is 0 Å².